The van der Waals surface area contributed by atoms with Gasteiger partial charge in [-0.15, -0.1) is 20.4 Å². The van der Waals surface area contributed by atoms with E-state index in [-0.39, 0.29) is 11.7 Å². The molecule has 2 aromatic heterocycles. The SMILES string of the molecule is CCn1c(COc2ccc(Br)cc2)nnc1SCC(=O)Nc1nncs1. The second-order valence-electron chi connectivity index (χ2n) is 4.97. The molecule has 0 radical (unpaired) electrons. The number of hydrogen-bond donors (Lipinski definition) is 1. The fourth-order valence-corrected chi connectivity index (χ4v) is 3.59. The third-order valence-electron chi connectivity index (χ3n) is 3.23. The van der Waals surface area contributed by atoms with Gasteiger partial charge in [0, 0.05) is 11.0 Å². The van der Waals surface area contributed by atoms with Crippen molar-refractivity contribution in [3.63, 3.8) is 0 Å². The fourth-order valence-electron chi connectivity index (χ4n) is 2.04. The van der Waals surface area contributed by atoms with E-state index < -0.39 is 0 Å². The molecule has 136 valence electrons. The average molecular weight is 455 g/mol. The Morgan fingerprint density at radius 2 is 2.12 bits per heavy atom. The van der Waals surface area contributed by atoms with Crippen molar-refractivity contribution in [2.24, 2.45) is 0 Å². The molecule has 0 aliphatic rings. The summed E-state index contributed by atoms with van der Waals surface area (Å²) >= 11 is 5.98. The number of hydrogen-bond acceptors (Lipinski definition) is 8. The molecule has 0 aliphatic heterocycles. The van der Waals surface area contributed by atoms with Crippen LogP contribution in [0.2, 0.25) is 0 Å². The number of amides is 1. The number of halogens is 1. The van der Waals surface area contributed by atoms with Gasteiger partial charge in [0.05, 0.1) is 5.75 Å². The van der Waals surface area contributed by atoms with Crippen LogP contribution in [0.4, 0.5) is 5.13 Å². The molecule has 1 N–H and O–H groups in total. The Kier molecular flexibility index (Phi) is 6.58. The van der Waals surface area contributed by atoms with Crippen molar-refractivity contribution in [3.05, 3.63) is 40.1 Å². The lowest BCUT2D eigenvalue weighted by molar-refractivity contribution is -0.113. The van der Waals surface area contributed by atoms with Crippen LogP contribution in [0.1, 0.15) is 12.7 Å². The van der Waals surface area contributed by atoms with Crippen molar-refractivity contribution in [3.8, 4) is 5.75 Å². The largest absolute Gasteiger partial charge is 0.486 e. The number of aromatic nitrogens is 5. The van der Waals surface area contributed by atoms with Crippen LogP contribution in [0.3, 0.4) is 0 Å². The molecule has 0 spiro atoms. The van der Waals surface area contributed by atoms with Crippen LogP contribution in [0.5, 0.6) is 5.75 Å². The first-order valence-corrected chi connectivity index (χ1v) is 10.3. The number of nitrogens with one attached hydrogen (secondary N) is 1. The maximum atomic E-state index is 11.9. The molecular formula is C15H15BrN6O2S2. The molecule has 26 heavy (non-hydrogen) atoms. The summed E-state index contributed by atoms with van der Waals surface area (Å²) in [6, 6.07) is 7.59. The van der Waals surface area contributed by atoms with Gasteiger partial charge < -0.3 is 9.30 Å². The van der Waals surface area contributed by atoms with Crippen LogP contribution in [-0.2, 0) is 17.9 Å². The Bertz CT molecular complexity index is 854. The summed E-state index contributed by atoms with van der Waals surface area (Å²) in [6.45, 7) is 2.99. The van der Waals surface area contributed by atoms with Crippen LogP contribution < -0.4 is 10.1 Å². The lowest BCUT2D eigenvalue weighted by Gasteiger charge is -2.09. The number of benzene rings is 1. The molecule has 0 unspecified atom stereocenters. The van der Waals surface area contributed by atoms with E-state index in [4.69, 9.17) is 4.74 Å². The minimum absolute atomic E-state index is 0.162. The zero-order valence-electron chi connectivity index (χ0n) is 13.8. The highest BCUT2D eigenvalue weighted by molar-refractivity contribution is 9.10. The van der Waals surface area contributed by atoms with Gasteiger partial charge in [0.2, 0.25) is 11.0 Å². The Hall–Kier alpha value is -1.98. The number of thioether (sulfide) groups is 1. The van der Waals surface area contributed by atoms with Gasteiger partial charge in [-0.25, -0.2) is 0 Å². The predicted molar refractivity (Wildman–Crippen MR) is 103 cm³/mol. The van der Waals surface area contributed by atoms with Crippen molar-refractivity contribution in [2.75, 3.05) is 11.1 Å². The summed E-state index contributed by atoms with van der Waals surface area (Å²) in [4.78, 5) is 11.9. The highest BCUT2D eigenvalue weighted by Gasteiger charge is 2.14. The summed E-state index contributed by atoms with van der Waals surface area (Å²) in [5.74, 6) is 1.52. The zero-order valence-corrected chi connectivity index (χ0v) is 17.0. The molecule has 2 heterocycles. The number of carbonyl (C=O) groups is 1. The molecule has 0 fully saturated rings. The van der Waals surface area contributed by atoms with Gasteiger partial charge in [-0.2, -0.15) is 0 Å². The van der Waals surface area contributed by atoms with E-state index in [1.54, 1.807) is 5.51 Å². The maximum Gasteiger partial charge on any atom is 0.236 e. The molecule has 1 amide bonds. The molecule has 0 saturated carbocycles. The standard InChI is InChI=1S/C15H15BrN6O2S2/c1-2-22-12(7-24-11-5-3-10(16)4-6-11)19-21-15(22)25-8-13(23)18-14-20-17-9-26-14/h3-6,9H,2,7-8H2,1H3,(H,18,20,23). The molecule has 0 aliphatic carbocycles. The first-order chi connectivity index (χ1) is 12.7. The van der Waals surface area contributed by atoms with Crippen molar-refractivity contribution < 1.29 is 9.53 Å². The first kappa shape index (κ1) is 18.8. The minimum Gasteiger partial charge on any atom is -0.486 e. The van der Waals surface area contributed by atoms with Gasteiger partial charge in [0.25, 0.3) is 0 Å². The normalized spacial score (nSPS) is 10.7. The molecular weight excluding hydrogens is 440 g/mol. The third kappa shape index (κ3) is 5.02. The smallest absolute Gasteiger partial charge is 0.236 e. The van der Waals surface area contributed by atoms with E-state index in [0.29, 0.717) is 29.3 Å². The van der Waals surface area contributed by atoms with Gasteiger partial charge in [0.15, 0.2) is 11.0 Å². The molecule has 0 atom stereocenters. The number of ether oxygens (including phenoxy) is 1. The van der Waals surface area contributed by atoms with Crippen LogP contribution in [0.25, 0.3) is 0 Å². The maximum absolute atomic E-state index is 11.9. The summed E-state index contributed by atoms with van der Waals surface area (Å²) in [6.07, 6.45) is 0. The van der Waals surface area contributed by atoms with E-state index >= 15 is 0 Å². The Balaban J connectivity index is 1.56. The number of carbonyl (C=O) groups excluding carboxylic acids is 1. The van der Waals surface area contributed by atoms with Crippen LogP contribution in [0.15, 0.2) is 39.4 Å². The molecule has 3 rings (SSSR count). The second kappa shape index (κ2) is 9.10. The van der Waals surface area contributed by atoms with Crippen molar-refractivity contribution in [1.29, 1.82) is 0 Å². The molecule has 3 aromatic rings. The first-order valence-electron chi connectivity index (χ1n) is 7.65. The number of nitrogens with zero attached hydrogens (tertiary/aromatic N) is 5. The van der Waals surface area contributed by atoms with Gasteiger partial charge in [-0.1, -0.05) is 39.0 Å². The average Bonchev–Trinajstić information content (AvgIpc) is 3.28. The Labute approximate surface area is 166 Å². The van der Waals surface area contributed by atoms with Crippen LogP contribution in [0, 0.1) is 0 Å². The molecule has 0 bridgehead atoms. The van der Waals surface area contributed by atoms with Gasteiger partial charge in [0.1, 0.15) is 17.9 Å². The fraction of sp³-hybridized carbons (Fsp3) is 0.267. The highest BCUT2D eigenvalue weighted by Crippen LogP contribution is 2.20. The highest BCUT2D eigenvalue weighted by atomic mass is 79.9. The monoisotopic (exact) mass is 454 g/mol. The van der Waals surface area contributed by atoms with E-state index in [1.807, 2.05) is 35.8 Å². The third-order valence-corrected chi connectivity index (χ3v) is 5.33. The minimum atomic E-state index is -0.162. The van der Waals surface area contributed by atoms with Crippen molar-refractivity contribution in [2.45, 2.75) is 25.2 Å². The quantitative estimate of drug-likeness (QED) is 0.521. The molecule has 1 aromatic carbocycles. The Morgan fingerprint density at radius 1 is 1.31 bits per heavy atom. The predicted octanol–water partition coefficient (Wildman–Crippen LogP) is 3.22. The zero-order chi connectivity index (χ0) is 18.4. The van der Waals surface area contributed by atoms with E-state index in [1.165, 1.54) is 23.1 Å². The van der Waals surface area contributed by atoms with Crippen LogP contribution >= 0.6 is 39.0 Å². The summed E-state index contributed by atoms with van der Waals surface area (Å²) < 4.78 is 8.68. The number of rotatable bonds is 8. The Morgan fingerprint density at radius 3 is 2.81 bits per heavy atom. The number of anilines is 1. The van der Waals surface area contributed by atoms with E-state index in [2.05, 4.69) is 41.6 Å². The molecule has 0 saturated heterocycles. The lowest BCUT2D eigenvalue weighted by atomic mass is 10.3. The van der Waals surface area contributed by atoms with Crippen molar-refractivity contribution in [1.82, 2.24) is 25.0 Å². The van der Waals surface area contributed by atoms with Crippen LogP contribution in [-0.4, -0.2) is 36.6 Å². The van der Waals surface area contributed by atoms with Gasteiger partial charge >= 0.3 is 0 Å². The topological polar surface area (TPSA) is 94.8 Å². The van der Waals surface area contributed by atoms with E-state index in [0.717, 1.165) is 10.2 Å². The van der Waals surface area contributed by atoms with Gasteiger partial charge in [-0.3, -0.25) is 10.1 Å². The molecule has 11 heteroatoms. The molecule has 8 nitrogen and oxygen atoms in total. The summed E-state index contributed by atoms with van der Waals surface area (Å²) in [7, 11) is 0. The summed E-state index contributed by atoms with van der Waals surface area (Å²) in [5.41, 5.74) is 1.56. The van der Waals surface area contributed by atoms with Crippen molar-refractivity contribution >= 4 is 50.1 Å². The van der Waals surface area contributed by atoms with Gasteiger partial charge in [-0.05, 0) is 31.2 Å². The van der Waals surface area contributed by atoms with E-state index in [9.17, 15) is 4.79 Å². The second-order valence-corrected chi connectivity index (χ2v) is 7.66. The lowest BCUT2D eigenvalue weighted by Crippen LogP contribution is -2.14. The summed E-state index contributed by atoms with van der Waals surface area (Å²) in [5, 5.41) is 19.6.